The van der Waals surface area contributed by atoms with Crippen molar-refractivity contribution in [3.63, 3.8) is 0 Å². The Morgan fingerprint density at radius 1 is 1.46 bits per heavy atom. The van der Waals surface area contributed by atoms with Crippen molar-refractivity contribution in [3.8, 4) is 0 Å². The van der Waals surface area contributed by atoms with Crippen molar-refractivity contribution in [1.82, 2.24) is 0 Å². The molecule has 0 aliphatic rings. The van der Waals surface area contributed by atoms with Gasteiger partial charge in [-0.15, -0.1) is 0 Å². The van der Waals surface area contributed by atoms with Crippen LogP contribution in [0.1, 0.15) is 47.0 Å². The number of carbonyl (C=O) groups excluding carboxylic acids is 1. The number of esters is 1. The summed E-state index contributed by atoms with van der Waals surface area (Å²) in [5.74, 6) is -0.187. The minimum absolute atomic E-state index is 0.187. The molecule has 0 amide bonds. The zero-order valence-corrected chi connectivity index (χ0v) is 8.96. The van der Waals surface area contributed by atoms with Crippen LogP contribution >= 0.6 is 0 Å². The average Bonchev–Trinajstić information content (AvgIpc) is 1.81. The van der Waals surface area contributed by atoms with Gasteiger partial charge in [0.2, 0.25) is 0 Å². The van der Waals surface area contributed by atoms with Crippen molar-refractivity contribution >= 4 is 5.97 Å². The number of rotatable bonds is 4. The van der Waals surface area contributed by atoms with E-state index in [1.54, 1.807) is 6.92 Å². The van der Waals surface area contributed by atoms with Gasteiger partial charge in [0.1, 0.15) is 5.60 Å². The fraction of sp³-hybridized carbons (Fsp3) is 0.900. The van der Waals surface area contributed by atoms with E-state index in [1.807, 2.05) is 20.8 Å². The molecule has 0 unspecified atom stereocenters. The maximum Gasteiger partial charge on any atom is 0.306 e. The molecule has 3 nitrogen and oxygen atoms in total. The molecule has 0 aromatic rings. The normalized spacial score (nSPS) is 13.9. The first-order chi connectivity index (χ1) is 5.81. The maximum absolute atomic E-state index is 11.1. The summed E-state index contributed by atoms with van der Waals surface area (Å²) in [7, 11) is 0. The van der Waals surface area contributed by atoms with Crippen molar-refractivity contribution in [2.24, 2.45) is 0 Å². The van der Waals surface area contributed by atoms with Gasteiger partial charge in [-0.1, -0.05) is 0 Å². The van der Waals surface area contributed by atoms with Crippen molar-refractivity contribution in [3.05, 3.63) is 0 Å². The SMILES string of the molecule is C[C@@H](O)CCCC(=O)OC(C)(C)C. The molecule has 0 aliphatic heterocycles. The average molecular weight is 188 g/mol. The highest BCUT2D eigenvalue weighted by Crippen LogP contribution is 2.10. The second-order valence-corrected chi connectivity index (χ2v) is 4.33. The Labute approximate surface area is 80.1 Å². The van der Waals surface area contributed by atoms with Crippen molar-refractivity contribution in [2.75, 3.05) is 0 Å². The molecule has 1 atom stereocenters. The molecule has 0 radical (unpaired) electrons. The van der Waals surface area contributed by atoms with Gasteiger partial charge in [0, 0.05) is 6.42 Å². The number of hydrogen-bond donors (Lipinski definition) is 1. The van der Waals surface area contributed by atoms with Crippen LogP contribution in [0.15, 0.2) is 0 Å². The van der Waals surface area contributed by atoms with Gasteiger partial charge >= 0.3 is 5.97 Å². The summed E-state index contributed by atoms with van der Waals surface area (Å²) in [6, 6.07) is 0. The second-order valence-electron chi connectivity index (χ2n) is 4.33. The van der Waals surface area contributed by atoms with Gasteiger partial charge in [0.05, 0.1) is 6.10 Å². The van der Waals surface area contributed by atoms with Crippen LogP contribution in [0.2, 0.25) is 0 Å². The minimum Gasteiger partial charge on any atom is -0.460 e. The predicted octanol–water partition coefficient (Wildman–Crippen LogP) is 1.88. The summed E-state index contributed by atoms with van der Waals surface area (Å²) in [5, 5.41) is 8.95. The van der Waals surface area contributed by atoms with Crippen molar-refractivity contribution < 1.29 is 14.6 Å². The number of aliphatic hydroxyl groups is 1. The molecule has 0 rings (SSSR count). The van der Waals surface area contributed by atoms with Gasteiger partial charge in [-0.3, -0.25) is 4.79 Å². The summed E-state index contributed by atoms with van der Waals surface area (Å²) in [6.07, 6.45) is 1.40. The Morgan fingerprint density at radius 3 is 2.38 bits per heavy atom. The number of aliphatic hydroxyl groups excluding tert-OH is 1. The highest BCUT2D eigenvalue weighted by Gasteiger charge is 2.15. The fourth-order valence-electron chi connectivity index (χ4n) is 0.934. The Morgan fingerprint density at radius 2 is 2.00 bits per heavy atom. The molecule has 0 aliphatic carbocycles. The molecule has 78 valence electrons. The van der Waals surface area contributed by atoms with Crippen LogP contribution in [-0.2, 0) is 9.53 Å². The van der Waals surface area contributed by atoms with E-state index in [9.17, 15) is 4.79 Å². The smallest absolute Gasteiger partial charge is 0.306 e. The van der Waals surface area contributed by atoms with E-state index < -0.39 is 5.60 Å². The molecule has 0 fully saturated rings. The van der Waals surface area contributed by atoms with Gasteiger partial charge in [-0.2, -0.15) is 0 Å². The van der Waals surface area contributed by atoms with E-state index in [2.05, 4.69) is 0 Å². The number of ether oxygens (including phenoxy) is 1. The molecule has 3 heteroatoms. The second kappa shape index (κ2) is 5.22. The summed E-state index contributed by atoms with van der Waals surface area (Å²) in [6.45, 7) is 7.26. The van der Waals surface area contributed by atoms with Crippen molar-refractivity contribution in [1.29, 1.82) is 0 Å². The monoisotopic (exact) mass is 188 g/mol. The molecular formula is C10H20O3. The maximum atomic E-state index is 11.1. The molecule has 13 heavy (non-hydrogen) atoms. The van der Waals surface area contributed by atoms with Crippen LogP contribution in [0.25, 0.3) is 0 Å². The lowest BCUT2D eigenvalue weighted by Gasteiger charge is -2.19. The summed E-state index contributed by atoms with van der Waals surface area (Å²) < 4.78 is 5.10. The standard InChI is InChI=1S/C10H20O3/c1-8(11)6-5-7-9(12)13-10(2,3)4/h8,11H,5-7H2,1-4H3/t8-/m1/s1. The zero-order chi connectivity index (χ0) is 10.5. The molecule has 0 aromatic carbocycles. The molecule has 1 N–H and O–H groups in total. The molecule has 0 spiro atoms. The van der Waals surface area contributed by atoms with Gasteiger partial charge in [0.25, 0.3) is 0 Å². The van der Waals surface area contributed by atoms with Gasteiger partial charge < -0.3 is 9.84 Å². The third-order valence-corrected chi connectivity index (χ3v) is 1.42. The summed E-state index contributed by atoms with van der Waals surface area (Å²) in [4.78, 5) is 11.1. The topological polar surface area (TPSA) is 46.5 Å². The molecular weight excluding hydrogens is 168 g/mol. The fourth-order valence-corrected chi connectivity index (χ4v) is 0.934. The van der Waals surface area contributed by atoms with Crippen LogP contribution in [0, 0.1) is 0 Å². The number of carbonyl (C=O) groups is 1. The molecule has 0 aromatic heterocycles. The lowest BCUT2D eigenvalue weighted by Crippen LogP contribution is -2.23. The lowest BCUT2D eigenvalue weighted by atomic mass is 10.1. The minimum atomic E-state index is -0.401. The van der Waals surface area contributed by atoms with Crippen LogP contribution in [0.3, 0.4) is 0 Å². The summed E-state index contributed by atoms with van der Waals surface area (Å²) in [5.41, 5.74) is -0.401. The first-order valence-electron chi connectivity index (χ1n) is 4.71. The highest BCUT2D eigenvalue weighted by atomic mass is 16.6. The zero-order valence-electron chi connectivity index (χ0n) is 8.96. The predicted molar refractivity (Wildman–Crippen MR) is 51.4 cm³/mol. The van der Waals surface area contributed by atoms with E-state index >= 15 is 0 Å². The Balaban J connectivity index is 3.53. The molecule has 0 saturated carbocycles. The Bertz CT molecular complexity index is 156. The Kier molecular flexibility index (Phi) is 4.99. The van der Waals surface area contributed by atoms with Crippen LogP contribution in [-0.4, -0.2) is 22.8 Å². The Hall–Kier alpha value is -0.570. The third kappa shape index (κ3) is 9.34. The molecule has 0 heterocycles. The summed E-state index contributed by atoms with van der Waals surface area (Å²) >= 11 is 0. The van der Waals surface area contributed by atoms with Crippen molar-refractivity contribution in [2.45, 2.75) is 58.7 Å². The van der Waals surface area contributed by atoms with E-state index in [1.165, 1.54) is 0 Å². The van der Waals surface area contributed by atoms with E-state index in [4.69, 9.17) is 9.84 Å². The number of hydrogen-bond acceptors (Lipinski definition) is 3. The van der Waals surface area contributed by atoms with Gasteiger partial charge in [-0.25, -0.2) is 0 Å². The van der Waals surface area contributed by atoms with Crippen LogP contribution < -0.4 is 0 Å². The van der Waals surface area contributed by atoms with Crippen LogP contribution in [0.4, 0.5) is 0 Å². The first kappa shape index (κ1) is 12.4. The molecule has 0 bridgehead atoms. The molecule has 0 saturated heterocycles. The third-order valence-electron chi connectivity index (χ3n) is 1.42. The van der Waals surface area contributed by atoms with E-state index in [0.717, 1.165) is 0 Å². The van der Waals surface area contributed by atoms with Gasteiger partial charge in [-0.05, 0) is 40.5 Å². The quantitative estimate of drug-likeness (QED) is 0.685. The first-order valence-corrected chi connectivity index (χ1v) is 4.71. The van der Waals surface area contributed by atoms with E-state index in [-0.39, 0.29) is 12.1 Å². The highest BCUT2D eigenvalue weighted by molar-refractivity contribution is 5.69. The largest absolute Gasteiger partial charge is 0.460 e. The van der Waals surface area contributed by atoms with Gasteiger partial charge in [0.15, 0.2) is 0 Å². The van der Waals surface area contributed by atoms with E-state index in [0.29, 0.717) is 19.3 Å². The van der Waals surface area contributed by atoms with Crippen LogP contribution in [0.5, 0.6) is 0 Å². The lowest BCUT2D eigenvalue weighted by molar-refractivity contribution is -0.155.